The normalized spacial score (nSPS) is 14.5. The van der Waals surface area contributed by atoms with Crippen LogP contribution in [0.3, 0.4) is 0 Å². The smallest absolute Gasteiger partial charge is 0.203 e. The van der Waals surface area contributed by atoms with Gasteiger partial charge in [-0.25, -0.2) is 0 Å². The Morgan fingerprint density at radius 2 is 1.61 bits per heavy atom. The van der Waals surface area contributed by atoms with Crippen molar-refractivity contribution in [1.29, 1.82) is 0 Å². The number of piperazine rings is 1. The van der Waals surface area contributed by atoms with Gasteiger partial charge in [0.25, 0.3) is 0 Å². The predicted molar refractivity (Wildman–Crippen MR) is 145 cm³/mol. The zero-order valence-corrected chi connectivity index (χ0v) is 22.7. The average Bonchev–Trinajstić information content (AvgIpc) is 2.83. The lowest BCUT2D eigenvalue weighted by molar-refractivity contribution is 0.172. The maximum Gasteiger partial charge on any atom is 0.203 e. The number of nitrogens with zero attached hydrogens (tertiary/aromatic N) is 3. The first-order chi connectivity index (χ1) is 15.6. The van der Waals surface area contributed by atoms with Crippen LogP contribution in [-0.2, 0) is 13.0 Å². The molecule has 0 bridgehead atoms. The summed E-state index contributed by atoms with van der Waals surface area (Å²) in [4.78, 5) is 9.28. The number of aryl methyl sites for hydroxylation is 1. The number of ether oxygens (including phenoxy) is 3. The van der Waals surface area contributed by atoms with E-state index >= 15 is 0 Å². The van der Waals surface area contributed by atoms with Crippen LogP contribution in [0, 0.1) is 6.92 Å². The van der Waals surface area contributed by atoms with Crippen LogP contribution in [0.2, 0.25) is 0 Å². The van der Waals surface area contributed by atoms with E-state index in [0.29, 0.717) is 17.2 Å². The van der Waals surface area contributed by atoms with Gasteiger partial charge in [-0.15, -0.1) is 24.0 Å². The maximum absolute atomic E-state index is 5.49. The second-order valence-electron chi connectivity index (χ2n) is 7.95. The van der Waals surface area contributed by atoms with Crippen molar-refractivity contribution in [3.8, 4) is 17.2 Å². The highest BCUT2D eigenvalue weighted by atomic mass is 127. The number of nitrogens with one attached hydrogen (secondary N) is 1. The van der Waals surface area contributed by atoms with Crippen molar-refractivity contribution in [2.24, 2.45) is 4.99 Å². The van der Waals surface area contributed by atoms with Crippen molar-refractivity contribution in [2.45, 2.75) is 19.9 Å². The van der Waals surface area contributed by atoms with Gasteiger partial charge in [-0.05, 0) is 42.2 Å². The first kappa shape index (κ1) is 27.0. The molecule has 1 fully saturated rings. The minimum atomic E-state index is 0. The average molecular weight is 569 g/mol. The molecule has 2 aromatic rings. The standard InChI is InChI=1S/C25H36N4O3.HI/c1-19-8-6-7-9-21(19)10-11-27-25(26-2)29-14-12-28(13-15-29)18-20-16-22(30-3)24(32-5)23(17-20)31-4;/h6-9,16-17H,10-15,18H2,1-5H3,(H,26,27);1H. The Hall–Kier alpha value is -2.20. The molecule has 0 aromatic heterocycles. The summed E-state index contributed by atoms with van der Waals surface area (Å²) in [6.07, 6.45) is 0.993. The monoisotopic (exact) mass is 568 g/mol. The molecule has 1 aliphatic heterocycles. The highest BCUT2D eigenvalue weighted by molar-refractivity contribution is 14.0. The Balaban J connectivity index is 0.00000385. The van der Waals surface area contributed by atoms with Gasteiger partial charge in [0.05, 0.1) is 21.3 Å². The SMILES string of the molecule is CN=C(NCCc1ccccc1C)N1CCN(Cc2cc(OC)c(OC)c(OC)c2)CC1.I. The molecule has 3 rings (SSSR count). The van der Waals surface area contributed by atoms with Crippen molar-refractivity contribution in [3.05, 3.63) is 53.1 Å². The van der Waals surface area contributed by atoms with Gasteiger partial charge in [0.2, 0.25) is 5.75 Å². The molecule has 1 N–H and O–H groups in total. The lowest BCUT2D eigenvalue weighted by Gasteiger charge is -2.36. The van der Waals surface area contributed by atoms with Crippen molar-refractivity contribution < 1.29 is 14.2 Å². The fraction of sp³-hybridized carbons (Fsp3) is 0.480. The molecule has 1 saturated heterocycles. The van der Waals surface area contributed by atoms with E-state index in [1.165, 1.54) is 11.1 Å². The summed E-state index contributed by atoms with van der Waals surface area (Å²) in [7, 11) is 6.79. The molecule has 0 spiro atoms. The summed E-state index contributed by atoms with van der Waals surface area (Å²) in [5.41, 5.74) is 3.86. The van der Waals surface area contributed by atoms with E-state index in [4.69, 9.17) is 14.2 Å². The van der Waals surface area contributed by atoms with Gasteiger partial charge >= 0.3 is 0 Å². The van der Waals surface area contributed by atoms with Crippen LogP contribution in [0.15, 0.2) is 41.4 Å². The van der Waals surface area contributed by atoms with Gasteiger partial charge in [0.15, 0.2) is 17.5 Å². The zero-order chi connectivity index (χ0) is 22.9. The minimum Gasteiger partial charge on any atom is -0.493 e. The molecular weight excluding hydrogens is 531 g/mol. The quantitative estimate of drug-likeness (QED) is 0.299. The third-order valence-electron chi connectivity index (χ3n) is 5.95. The molecule has 8 heteroatoms. The van der Waals surface area contributed by atoms with Crippen LogP contribution < -0.4 is 19.5 Å². The van der Waals surface area contributed by atoms with Gasteiger partial charge in [0, 0.05) is 46.3 Å². The zero-order valence-electron chi connectivity index (χ0n) is 20.4. The number of hydrogen-bond donors (Lipinski definition) is 1. The predicted octanol–water partition coefficient (Wildman–Crippen LogP) is 3.57. The largest absolute Gasteiger partial charge is 0.493 e. The Bertz CT molecular complexity index is 889. The fourth-order valence-electron chi connectivity index (χ4n) is 4.13. The lowest BCUT2D eigenvalue weighted by Crippen LogP contribution is -2.52. The highest BCUT2D eigenvalue weighted by Crippen LogP contribution is 2.38. The molecule has 0 saturated carbocycles. The van der Waals surface area contributed by atoms with E-state index in [1.54, 1.807) is 21.3 Å². The summed E-state index contributed by atoms with van der Waals surface area (Å²) in [5, 5.41) is 3.53. The van der Waals surface area contributed by atoms with Crippen molar-refractivity contribution >= 4 is 29.9 Å². The van der Waals surface area contributed by atoms with E-state index in [0.717, 1.165) is 57.2 Å². The summed E-state index contributed by atoms with van der Waals surface area (Å²) in [6, 6.07) is 12.6. The summed E-state index contributed by atoms with van der Waals surface area (Å²) in [5.74, 6) is 2.99. The molecule has 7 nitrogen and oxygen atoms in total. The maximum atomic E-state index is 5.49. The van der Waals surface area contributed by atoms with Crippen LogP contribution in [0.1, 0.15) is 16.7 Å². The van der Waals surface area contributed by atoms with Gasteiger partial charge in [-0.2, -0.15) is 0 Å². The molecule has 0 radical (unpaired) electrons. The minimum absolute atomic E-state index is 0. The molecule has 2 aromatic carbocycles. The fourth-order valence-corrected chi connectivity index (χ4v) is 4.13. The van der Waals surface area contributed by atoms with Crippen molar-refractivity contribution in [3.63, 3.8) is 0 Å². The number of benzene rings is 2. The molecule has 1 aliphatic rings. The van der Waals surface area contributed by atoms with E-state index in [2.05, 4.69) is 51.3 Å². The summed E-state index contributed by atoms with van der Waals surface area (Å²) < 4.78 is 16.4. The van der Waals surface area contributed by atoms with Crippen molar-refractivity contribution in [2.75, 3.05) is 61.1 Å². The number of hydrogen-bond acceptors (Lipinski definition) is 5. The highest BCUT2D eigenvalue weighted by Gasteiger charge is 2.21. The van der Waals surface area contributed by atoms with E-state index < -0.39 is 0 Å². The number of halogens is 1. The second-order valence-corrected chi connectivity index (χ2v) is 7.95. The topological polar surface area (TPSA) is 58.6 Å². The van der Waals surface area contributed by atoms with E-state index in [-0.39, 0.29) is 24.0 Å². The third-order valence-corrected chi connectivity index (χ3v) is 5.95. The Morgan fingerprint density at radius 3 is 2.15 bits per heavy atom. The van der Waals surface area contributed by atoms with Gasteiger partial charge in [0.1, 0.15) is 0 Å². The van der Waals surface area contributed by atoms with Gasteiger partial charge in [-0.1, -0.05) is 24.3 Å². The van der Waals surface area contributed by atoms with Crippen molar-refractivity contribution in [1.82, 2.24) is 15.1 Å². The molecule has 0 amide bonds. The molecule has 1 heterocycles. The third kappa shape index (κ3) is 7.14. The number of guanidine groups is 1. The first-order valence-electron chi connectivity index (χ1n) is 11.1. The second kappa shape index (κ2) is 13.5. The van der Waals surface area contributed by atoms with Crippen LogP contribution in [0.25, 0.3) is 0 Å². The van der Waals surface area contributed by atoms with E-state index in [9.17, 15) is 0 Å². The molecule has 0 aliphatic carbocycles. The van der Waals surface area contributed by atoms with Crippen LogP contribution in [-0.4, -0.2) is 76.9 Å². The number of rotatable bonds is 8. The Labute approximate surface area is 215 Å². The number of methoxy groups -OCH3 is 3. The molecular formula is C25H37IN4O3. The van der Waals surface area contributed by atoms with E-state index in [1.807, 2.05) is 19.2 Å². The summed E-state index contributed by atoms with van der Waals surface area (Å²) in [6.45, 7) is 7.69. The van der Waals surface area contributed by atoms with Crippen LogP contribution >= 0.6 is 24.0 Å². The van der Waals surface area contributed by atoms with Crippen LogP contribution in [0.5, 0.6) is 17.2 Å². The molecule has 182 valence electrons. The van der Waals surface area contributed by atoms with Gasteiger partial charge in [-0.3, -0.25) is 9.89 Å². The lowest BCUT2D eigenvalue weighted by atomic mass is 10.1. The molecule has 33 heavy (non-hydrogen) atoms. The first-order valence-corrected chi connectivity index (χ1v) is 11.1. The molecule has 0 unspecified atom stereocenters. The van der Waals surface area contributed by atoms with Gasteiger partial charge < -0.3 is 24.4 Å². The summed E-state index contributed by atoms with van der Waals surface area (Å²) >= 11 is 0. The Morgan fingerprint density at radius 1 is 0.970 bits per heavy atom. The van der Waals surface area contributed by atoms with Crippen LogP contribution in [0.4, 0.5) is 0 Å². The number of aliphatic imine (C=N–C) groups is 1. The Kier molecular flexibility index (Phi) is 11.1. The molecule has 0 atom stereocenters.